The van der Waals surface area contributed by atoms with Crippen molar-refractivity contribution in [2.45, 2.75) is 12.8 Å². The van der Waals surface area contributed by atoms with Crippen molar-refractivity contribution in [2.75, 3.05) is 26.2 Å². The predicted octanol–water partition coefficient (Wildman–Crippen LogP) is 2.70. The summed E-state index contributed by atoms with van der Waals surface area (Å²) in [4.78, 5) is 31.2. The van der Waals surface area contributed by atoms with E-state index in [0.717, 1.165) is 24.2 Å². The first-order valence-corrected chi connectivity index (χ1v) is 10.9. The standard InChI is InChI=1S/C25H27N5O3/c31-23(28-17-19-5-2-1-3-6-19)20-8-10-21(11-9-20)24(33-22-7-4-12-27-18-22)29-25(32)30-15-13-26-14-16-30/h1-12,18,24,26H,13-17H2,(H,28,31)(H,29,32). The van der Waals surface area contributed by atoms with E-state index in [4.69, 9.17) is 4.74 Å². The number of piperazine rings is 1. The Morgan fingerprint density at radius 3 is 2.45 bits per heavy atom. The average Bonchev–Trinajstić information content (AvgIpc) is 2.88. The van der Waals surface area contributed by atoms with Crippen molar-refractivity contribution in [1.29, 1.82) is 0 Å². The number of amides is 3. The number of pyridine rings is 1. The fourth-order valence-electron chi connectivity index (χ4n) is 3.49. The lowest BCUT2D eigenvalue weighted by molar-refractivity contribution is 0.0950. The minimum atomic E-state index is -0.724. The van der Waals surface area contributed by atoms with Crippen molar-refractivity contribution in [3.05, 3.63) is 95.8 Å². The second-order valence-corrected chi connectivity index (χ2v) is 7.66. The number of hydrogen-bond donors (Lipinski definition) is 3. The van der Waals surface area contributed by atoms with Gasteiger partial charge in [-0.05, 0) is 29.8 Å². The van der Waals surface area contributed by atoms with Gasteiger partial charge in [0.05, 0.1) is 6.20 Å². The number of carbonyl (C=O) groups excluding carboxylic acids is 2. The first-order valence-electron chi connectivity index (χ1n) is 10.9. The third-order valence-corrected chi connectivity index (χ3v) is 5.32. The van der Waals surface area contributed by atoms with Gasteiger partial charge < -0.3 is 20.3 Å². The highest BCUT2D eigenvalue weighted by Crippen LogP contribution is 2.20. The van der Waals surface area contributed by atoms with E-state index in [1.54, 1.807) is 53.7 Å². The molecule has 0 radical (unpaired) electrons. The van der Waals surface area contributed by atoms with Crippen molar-refractivity contribution in [3.8, 4) is 5.75 Å². The summed E-state index contributed by atoms with van der Waals surface area (Å²) in [6.07, 6.45) is 2.53. The molecule has 0 saturated carbocycles. The van der Waals surface area contributed by atoms with Gasteiger partial charge in [-0.25, -0.2) is 4.79 Å². The van der Waals surface area contributed by atoms with Crippen molar-refractivity contribution >= 4 is 11.9 Å². The third-order valence-electron chi connectivity index (χ3n) is 5.32. The monoisotopic (exact) mass is 445 g/mol. The Labute approximate surface area is 193 Å². The maximum Gasteiger partial charge on any atom is 0.320 e. The van der Waals surface area contributed by atoms with Crippen LogP contribution in [-0.4, -0.2) is 48.0 Å². The van der Waals surface area contributed by atoms with Crippen LogP contribution in [0.15, 0.2) is 79.1 Å². The quantitative estimate of drug-likeness (QED) is 0.486. The number of ether oxygens (including phenoxy) is 1. The number of hydrogen-bond acceptors (Lipinski definition) is 5. The molecule has 2 heterocycles. The minimum Gasteiger partial charge on any atom is -0.465 e. The number of benzene rings is 2. The highest BCUT2D eigenvalue weighted by molar-refractivity contribution is 5.94. The molecule has 8 nitrogen and oxygen atoms in total. The maximum absolute atomic E-state index is 12.8. The van der Waals surface area contributed by atoms with Crippen molar-refractivity contribution in [2.24, 2.45) is 0 Å². The molecule has 0 spiro atoms. The van der Waals surface area contributed by atoms with E-state index in [0.29, 0.717) is 30.9 Å². The second kappa shape index (κ2) is 11.1. The largest absolute Gasteiger partial charge is 0.465 e. The van der Waals surface area contributed by atoms with Crippen molar-refractivity contribution < 1.29 is 14.3 Å². The van der Waals surface area contributed by atoms with E-state index in [1.807, 2.05) is 30.3 Å². The Kier molecular flexibility index (Phi) is 7.50. The van der Waals surface area contributed by atoms with Crippen LogP contribution in [0.1, 0.15) is 27.7 Å². The number of aromatic nitrogens is 1. The first-order chi connectivity index (χ1) is 16.2. The van der Waals surface area contributed by atoms with Crippen LogP contribution in [0.4, 0.5) is 4.79 Å². The Bertz CT molecular complexity index is 1040. The molecule has 1 fully saturated rings. The maximum atomic E-state index is 12.8. The Morgan fingerprint density at radius 1 is 1.00 bits per heavy atom. The lowest BCUT2D eigenvalue weighted by Gasteiger charge is -2.30. The first kappa shape index (κ1) is 22.3. The molecule has 33 heavy (non-hydrogen) atoms. The van der Waals surface area contributed by atoms with Crippen molar-refractivity contribution in [3.63, 3.8) is 0 Å². The molecule has 3 N–H and O–H groups in total. The molecule has 4 rings (SSSR count). The van der Waals surface area contributed by atoms with Gasteiger partial charge in [0.1, 0.15) is 5.75 Å². The summed E-state index contributed by atoms with van der Waals surface area (Å²) in [5.74, 6) is 0.368. The molecule has 3 aromatic rings. The number of rotatable bonds is 7. The number of urea groups is 1. The molecule has 170 valence electrons. The SMILES string of the molecule is O=C(NCc1ccccc1)c1ccc(C(NC(=O)N2CCNCC2)Oc2cccnc2)cc1. The molecule has 8 heteroatoms. The molecule has 3 amide bonds. The van der Waals surface area contributed by atoms with Gasteiger partial charge in [0.15, 0.2) is 6.23 Å². The minimum absolute atomic E-state index is 0.167. The van der Waals surface area contributed by atoms with Gasteiger partial charge in [0, 0.05) is 50.0 Å². The van der Waals surface area contributed by atoms with E-state index in [2.05, 4.69) is 20.9 Å². The number of nitrogens with zero attached hydrogens (tertiary/aromatic N) is 2. The zero-order valence-electron chi connectivity index (χ0n) is 18.2. The van der Waals surface area contributed by atoms with Crippen LogP contribution in [0.2, 0.25) is 0 Å². The lowest BCUT2D eigenvalue weighted by Crippen LogP contribution is -2.51. The highest BCUT2D eigenvalue weighted by atomic mass is 16.5. The van der Waals surface area contributed by atoms with Crippen LogP contribution in [0.5, 0.6) is 5.75 Å². The van der Waals surface area contributed by atoms with Crippen LogP contribution in [0.25, 0.3) is 0 Å². The summed E-state index contributed by atoms with van der Waals surface area (Å²) in [5.41, 5.74) is 2.29. The summed E-state index contributed by atoms with van der Waals surface area (Å²) in [6, 6.07) is 20.1. The fraction of sp³-hybridized carbons (Fsp3) is 0.240. The van der Waals surface area contributed by atoms with Gasteiger partial charge in [-0.15, -0.1) is 0 Å². The van der Waals surface area contributed by atoms with Gasteiger partial charge in [0.25, 0.3) is 5.91 Å². The van der Waals surface area contributed by atoms with Gasteiger partial charge >= 0.3 is 6.03 Å². The normalized spacial score (nSPS) is 14.2. The van der Waals surface area contributed by atoms with E-state index in [-0.39, 0.29) is 11.9 Å². The predicted molar refractivity (Wildman–Crippen MR) is 125 cm³/mol. The van der Waals surface area contributed by atoms with E-state index in [9.17, 15) is 9.59 Å². The zero-order valence-corrected chi connectivity index (χ0v) is 18.2. The third kappa shape index (κ3) is 6.30. The smallest absolute Gasteiger partial charge is 0.320 e. The molecule has 1 atom stereocenters. The van der Waals surface area contributed by atoms with Crippen LogP contribution >= 0.6 is 0 Å². The lowest BCUT2D eigenvalue weighted by atomic mass is 10.1. The molecule has 0 aliphatic carbocycles. The Morgan fingerprint density at radius 2 is 1.76 bits per heavy atom. The Balaban J connectivity index is 1.44. The fourth-order valence-corrected chi connectivity index (χ4v) is 3.49. The van der Waals surface area contributed by atoms with Gasteiger partial charge in [-0.3, -0.25) is 15.1 Å². The van der Waals surface area contributed by atoms with Gasteiger partial charge in [-0.2, -0.15) is 0 Å². The van der Waals surface area contributed by atoms with Crippen molar-refractivity contribution in [1.82, 2.24) is 25.8 Å². The highest BCUT2D eigenvalue weighted by Gasteiger charge is 2.22. The topological polar surface area (TPSA) is 95.6 Å². The van der Waals surface area contributed by atoms with Gasteiger partial charge in [-0.1, -0.05) is 42.5 Å². The molecular weight excluding hydrogens is 418 g/mol. The second-order valence-electron chi connectivity index (χ2n) is 7.66. The molecule has 1 saturated heterocycles. The molecule has 2 aromatic carbocycles. The van der Waals surface area contributed by atoms with E-state index in [1.165, 1.54) is 0 Å². The van der Waals surface area contributed by atoms with Crippen LogP contribution < -0.4 is 20.7 Å². The summed E-state index contributed by atoms with van der Waals surface area (Å²) >= 11 is 0. The van der Waals surface area contributed by atoms with Crippen LogP contribution in [-0.2, 0) is 6.54 Å². The molecule has 1 aromatic heterocycles. The number of nitrogens with one attached hydrogen (secondary N) is 3. The van der Waals surface area contributed by atoms with Crippen LogP contribution in [0, 0.1) is 0 Å². The van der Waals surface area contributed by atoms with Crippen LogP contribution in [0.3, 0.4) is 0 Å². The average molecular weight is 446 g/mol. The van der Waals surface area contributed by atoms with E-state index >= 15 is 0 Å². The molecule has 1 aliphatic heterocycles. The molecule has 0 bridgehead atoms. The Hall–Kier alpha value is -3.91. The molecule has 1 aliphatic rings. The molecular formula is C25H27N5O3. The molecule has 1 unspecified atom stereocenters. The van der Waals surface area contributed by atoms with Gasteiger partial charge in [0.2, 0.25) is 0 Å². The zero-order chi connectivity index (χ0) is 22.9. The van der Waals surface area contributed by atoms with E-state index < -0.39 is 6.23 Å². The number of carbonyl (C=O) groups is 2. The summed E-state index contributed by atoms with van der Waals surface area (Å²) in [6.45, 7) is 3.23. The summed E-state index contributed by atoms with van der Waals surface area (Å²) in [7, 11) is 0. The summed E-state index contributed by atoms with van der Waals surface area (Å²) < 4.78 is 6.03. The summed E-state index contributed by atoms with van der Waals surface area (Å²) in [5, 5.41) is 9.11.